The molecule has 4 aromatic carbocycles. The molecule has 1 saturated heterocycles. The number of aliphatic hydroxyl groups excluding tert-OH is 1. The minimum Gasteiger partial charge on any atom is -0.492 e. The number of aliphatic hydroxyl groups is 1. The molecule has 0 radical (unpaired) electrons. The summed E-state index contributed by atoms with van der Waals surface area (Å²) in [5, 5.41) is 14.7. The van der Waals surface area contributed by atoms with E-state index in [0.717, 1.165) is 16.8 Å². The molecule has 3 aliphatic rings. The van der Waals surface area contributed by atoms with Crippen LogP contribution >= 0.6 is 0 Å². The van der Waals surface area contributed by atoms with E-state index in [4.69, 9.17) is 18.9 Å². The summed E-state index contributed by atoms with van der Waals surface area (Å²) in [5.41, 5.74) is 1.72. The van der Waals surface area contributed by atoms with E-state index in [-0.39, 0.29) is 42.7 Å². The number of amides is 1. The van der Waals surface area contributed by atoms with Crippen molar-refractivity contribution in [2.75, 3.05) is 38.4 Å². The second-order valence-electron chi connectivity index (χ2n) is 14.6. The van der Waals surface area contributed by atoms with Gasteiger partial charge in [-0.25, -0.2) is 4.39 Å². The van der Waals surface area contributed by atoms with Crippen LogP contribution in [0.2, 0.25) is 0 Å². The lowest BCUT2D eigenvalue weighted by Crippen LogP contribution is -2.40. The highest BCUT2D eigenvalue weighted by Gasteiger charge is 2.49. The van der Waals surface area contributed by atoms with Crippen molar-refractivity contribution in [2.24, 2.45) is 0 Å². The molecule has 288 valence electrons. The molecule has 1 aromatic heterocycles. The van der Waals surface area contributed by atoms with Gasteiger partial charge < -0.3 is 43.4 Å². The molecule has 2 atom stereocenters. The summed E-state index contributed by atoms with van der Waals surface area (Å²) in [7, 11) is 0. The van der Waals surface area contributed by atoms with Crippen LogP contribution < -0.4 is 19.5 Å². The number of nitrogens with one attached hydrogen (secondary N) is 1. The SMILES string of the molecule is CC1(C(=O)Nc2cc3cc(C4(COCc5ccccc5)CCOCC4)n(C[C@@H](O)COCc4ccccc4)c3cc2F)COc2cc3c(cc21)OC(F)(F)O3. The normalized spacial score (nSPS) is 19.9. The Hall–Kier alpha value is -5.08. The van der Waals surface area contributed by atoms with Gasteiger partial charge in [0.25, 0.3) is 0 Å². The van der Waals surface area contributed by atoms with Crippen LogP contribution in [0.4, 0.5) is 18.9 Å². The quantitative estimate of drug-likeness (QED) is 0.130. The zero-order chi connectivity index (χ0) is 38.2. The Bertz CT molecular complexity index is 2170. The first kappa shape index (κ1) is 36.9. The Labute approximate surface area is 315 Å². The second kappa shape index (κ2) is 14.9. The number of benzene rings is 4. The van der Waals surface area contributed by atoms with Crippen LogP contribution in [0.1, 0.15) is 42.1 Å². The van der Waals surface area contributed by atoms with E-state index < -0.39 is 35.0 Å². The van der Waals surface area contributed by atoms with E-state index in [1.54, 1.807) is 13.0 Å². The van der Waals surface area contributed by atoms with E-state index in [2.05, 4.69) is 14.8 Å². The molecule has 2 N–H and O–H groups in total. The Balaban J connectivity index is 1.10. The van der Waals surface area contributed by atoms with Crippen LogP contribution in [-0.2, 0) is 49.6 Å². The van der Waals surface area contributed by atoms with Crippen LogP contribution in [-0.4, -0.2) is 61.0 Å². The van der Waals surface area contributed by atoms with Gasteiger partial charge in [-0.05, 0) is 49.1 Å². The van der Waals surface area contributed by atoms with E-state index >= 15 is 4.39 Å². The number of nitrogens with zero attached hydrogens (tertiary/aromatic N) is 1. The molecular formula is C42H41F3N2O8. The average molecular weight is 759 g/mol. The van der Waals surface area contributed by atoms with Crippen molar-refractivity contribution in [1.29, 1.82) is 0 Å². The molecule has 4 heterocycles. The molecule has 0 spiro atoms. The minimum absolute atomic E-state index is 0.0470. The maximum Gasteiger partial charge on any atom is 0.586 e. The fraction of sp³-hybridized carbons (Fsp3) is 0.357. The molecule has 0 saturated carbocycles. The smallest absolute Gasteiger partial charge is 0.492 e. The Morgan fingerprint density at radius 1 is 0.891 bits per heavy atom. The standard InChI is InChI=1S/C42H41F3N2O8/c1-40(25-53-35-20-37-36(18-31(35)40)54-42(44,45)55-37)39(49)46-33-16-29-17-38(41(12-14-50-15-13-41)26-52-23-28-10-6-3-7-11-28)47(34(29)19-32(33)43)21-30(48)24-51-22-27-8-4-2-5-9-27/h2-11,16-20,30,48H,12-15,21-26H2,1H3,(H,46,49)/t30-,40?/m1/s1. The molecule has 1 unspecified atom stereocenters. The van der Waals surface area contributed by atoms with Crippen LogP contribution in [0, 0.1) is 5.82 Å². The van der Waals surface area contributed by atoms with Crippen molar-refractivity contribution >= 4 is 22.5 Å². The predicted octanol–water partition coefficient (Wildman–Crippen LogP) is 7.23. The van der Waals surface area contributed by atoms with Gasteiger partial charge in [-0.15, -0.1) is 8.78 Å². The number of aromatic nitrogens is 1. The van der Waals surface area contributed by atoms with Crippen molar-refractivity contribution in [3.8, 4) is 17.2 Å². The van der Waals surface area contributed by atoms with E-state index in [0.29, 0.717) is 62.3 Å². The molecule has 13 heteroatoms. The number of fused-ring (bicyclic) bond motifs is 3. The van der Waals surface area contributed by atoms with Crippen molar-refractivity contribution in [1.82, 2.24) is 4.57 Å². The number of alkyl halides is 2. The molecule has 1 amide bonds. The lowest BCUT2D eigenvalue weighted by atomic mass is 9.77. The number of halogens is 3. The second-order valence-corrected chi connectivity index (χ2v) is 14.6. The molecule has 0 aliphatic carbocycles. The van der Waals surface area contributed by atoms with Crippen LogP contribution in [0.15, 0.2) is 91.0 Å². The fourth-order valence-electron chi connectivity index (χ4n) is 7.62. The zero-order valence-electron chi connectivity index (χ0n) is 30.2. The number of ether oxygens (including phenoxy) is 6. The highest BCUT2D eigenvalue weighted by molar-refractivity contribution is 6.01. The maximum atomic E-state index is 16.2. The highest BCUT2D eigenvalue weighted by atomic mass is 19.3. The first-order chi connectivity index (χ1) is 26.5. The van der Waals surface area contributed by atoms with Gasteiger partial charge >= 0.3 is 6.29 Å². The van der Waals surface area contributed by atoms with Gasteiger partial charge in [0, 0.05) is 47.4 Å². The molecule has 0 bridgehead atoms. The molecule has 5 aromatic rings. The molecule has 55 heavy (non-hydrogen) atoms. The first-order valence-corrected chi connectivity index (χ1v) is 18.2. The third kappa shape index (κ3) is 7.49. The van der Waals surface area contributed by atoms with Crippen molar-refractivity contribution in [3.63, 3.8) is 0 Å². The van der Waals surface area contributed by atoms with E-state index in [1.165, 1.54) is 18.2 Å². The summed E-state index contributed by atoms with van der Waals surface area (Å²) < 4.78 is 78.6. The Kier molecular flexibility index (Phi) is 9.97. The summed E-state index contributed by atoms with van der Waals surface area (Å²) in [5.74, 6) is -1.53. The summed E-state index contributed by atoms with van der Waals surface area (Å²) in [6, 6.07) is 27.0. The molecular weight excluding hydrogens is 717 g/mol. The lowest BCUT2D eigenvalue weighted by Gasteiger charge is -2.38. The first-order valence-electron chi connectivity index (χ1n) is 18.2. The summed E-state index contributed by atoms with van der Waals surface area (Å²) in [6.07, 6.45) is -3.51. The van der Waals surface area contributed by atoms with Gasteiger partial charge in [-0.1, -0.05) is 60.7 Å². The van der Waals surface area contributed by atoms with E-state index in [1.807, 2.05) is 71.3 Å². The van der Waals surface area contributed by atoms with Gasteiger partial charge in [0.05, 0.1) is 50.3 Å². The minimum atomic E-state index is -3.84. The van der Waals surface area contributed by atoms with Crippen molar-refractivity contribution in [3.05, 3.63) is 119 Å². The Morgan fingerprint density at radius 2 is 1.55 bits per heavy atom. The maximum absolute atomic E-state index is 16.2. The summed E-state index contributed by atoms with van der Waals surface area (Å²) in [6.45, 7) is 3.71. The number of carbonyl (C=O) groups is 1. The van der Waals surface area contributed by atoms with Gasteiger partial charge in [-0.2, -0.15) is 0 Å². The average Bonchev–Trinajstić information content (AvgIpc) is 3.81. The number of rotatable bonds is 13. The number of hydrogen-bond donors (Lipinski definition) is 2. The zero-order valence-corrected chi connectivity index (χ0v) is 30.2. The lowest BCUT2D eigenvalue weighted by molar-refractivity contribution is -0.286. The third-order valence-electron chi connectivity index (χ3n) is 10.7. The Morgan fingerprint density at radius 3 is 2.24 bits per heavy atom. The number of hydrogen-bond acceptors (Lipinski definition) is 8. The van der Waals surface area contributed by atoms with Crippen LogP contribution in [0.25, 0.3) is 10.9 Å². The number of anilines is 1. The predicted molar refractivity (Wildman–Crippen MR) is 196 cm³/mol. The number of carbonyl (C=O) groups excluding carboxylic acids is 1. The topological polar surface area (TPSA) is 110 Å². The van der Waals surface area contributed by atoms with Gasteiger partial charge in [0.15, 0.2) is 11.5 Å². The highest BCUT2D eigenvalue weighted by Crippen LogP contribution is 2.50. The third-order valence-corrected chi connectivity index (χ3v) is 10.7. The molecule has 3 aliphatic heterocycles. The van der Waals surface area contributed by atoms with Crippen molar-refractivity contribution < 1.29 is 51.5 Å². The summed E-state index contributed by atoms with van der Waals surface area (Å²) in [4.78, 5) is 13.9. The van der Waals surface area contributed by atoms with Crippen LogP contribution in [0.5, 0.6) is 17.2 Å². The fourth-order valence-corrected chi connectivity index (χ4v) is 7.62. The molecule has 1 fully saturated rings. The van der Waals surface area contributed by atoms with Crippen molar-refractivity contribution in [2.45, 2.75) is 62.8 Å². The molecule has 10 nitrogen and oxygen atoms in total. The van der Waals surface area contributed by atoms with Gasteiger partial charge in [0.2, 0.25) is 5.91 Å². The van der Waals surface area contributed by atoms with Gasteiger partial charge in [0.1, 0.15) is 23.6 Å². The largest absolute Gasteiger partial charge is 0.586 e. The molecule has 8 rings (SSSR count). The van der Waals surface area contributed by atoms with E-state index in [9.17, 15) is 18.7 Å². The summed E-state index contributed by atoms with van der Waals surface area (Å²) >= 11 is 0. The van der Waals surface area contributed by atoms with Crippen LogP contribution in [0.3, 0.4) is 0 Å². The van der Waals surface area contributed by atoms with Gasteiger partial charge in [-0.3, -0.25) is 4.79 Å². The monoisotopic (exact) mass is 758 g/mol.